The van der Waals surface area contributed by atoms with Crippen molar-refractivity contribution in [2.45, 2.75) is 53.6 Å². The molecule has 116 valence electrons. The van der Waals surface area contributed by atoms with Crippen molar-refractivity contribution >= 4 is 11.7 Å². The Balaban J connectivity index is 2.89. The molecule has 21 heavy (non-hydrogen) atoms. The van der Waals surface area contributed by atoms with Crippen LogP contribution >= 0.6 is 0 Å². The first-order valence-electron chi connectivity index (χ1n) is 7.68. The molecule has 0 radical (unpaired) electrons. The van der Waals surface area contributed by atoms with E-state index in [9.17, 15) is 9.59 Å². The van der Waals surface area contributed by atoms with Crippen LogP contribution in [-0.2, 0) is 4.79 Å². The van der Waals surface area contributed by atoms with Crippen molar-refractivity contribution in [3.05, 3.63) is 35.9 Å². The van der Waals surface area contributed by atoms with E-state index in [0.717, 1.165) is 0 Å². The number of hydrogen-bond acceptors (Lipinski definition) is 2. The third-order valence-electron chi connectivity index (χ3n) is 3.98. The number of rotatable bonds is 6. The molecule has 0 aromatic heterocycles. The Bertz CT molecular complexity index is 471. The maximum Gasteiger partial charge on any atom is 0.226 e. The largest absolute Gasteiger partial charge is 0.338 e. The van der Waals surface area contributed by atoms with Crippen LogP contribution in [0.5, 0.6) is 0 Å². The van der Waals surface area contributed by atoms with Crippen LogP contribution in [0.2, 0.25) is 0 Å². The molecule has 0 aliphatic heterocycles. The molecular formula is C18H27NO2. The zero-order valence-corrected chi connectivity index (χ0v) is 14.0. The van der Waals surface area contributed by atoms with E-state index in [2.05, 4.69) is 0 Å². The quantitative estimate of drug-likeness (QED) is 0.747. The van der Waals surface area contributed by atoms with Gasteiger partial charge in [0.2, 0.25) is 5.91 Å². The average molecular weight is 289 g/mol. The molecular weight excluding hydrogens is 262 g/mol. The number of benzene rings is 1. The molecule has 0 spiro atoms. The predicted octanol–water partition coefficient (Wildman–Crippen LogP) is 3.79. The van der Waals surface area contributed by atoms with Crippen molar-refractivity contribution in [1.82, 2.24) is 4.90 Å². The summed E-state index contributed by atoms with van der Waals surface area (Å²) in [5, 5.41) is 0. The first-order chi connectivity index (χ1) is 9.77. The van der Waals surface area contributed by atoms with E-state index in [1.165, 1.54) is 0 Å². The smallest absolute Gasteiger partial charge is 0.226 e. The van der Waals surface area contributed by atoms with Gasteiger partial charge in [-0.3, -0.25) is 9.59 Å². The molecule has 0 bridgehead atoms. The number of carbonyl (C=O) groups excluding carboxylic acids is 2. The number of hydrogen-bond donors (Lipinski definition) is 0. The summed E-state index contributed by atoms with van der Waals surface area (Å²) in [6.07, 6.45) is 0. The van der Waals surface area contributed by atoms with Crippen molar-refractivity contribution in [2.75, 3.05) is 0 Å². The predicted molar refractivity (Wildman–Crippen MR) is 86.2 cm³/mol. The molecule has 0 saturated carbocycles. The van der Waals surface area contributed by atoms with Gasteiger partial charge in [0.25, 0.3) is 0 Å². The van der Waals surface area contributed by atoms with E-state index in [0.29, 0.717) is 5.56 Å². The SMILES string of the molecule is CC(C)N(C(=O)[C@@H](C)[C@H](C)C(=O)c1ccccc1)C(C)C. The molecule has 0 N–H and O–H groups in total. The summed E-state index contributed by atoms with van der Waals surface area (Å²) in [6, 6.07) is 9.46. The Labute approximate surface area is 128 Å². The maximum atomic E-state index is 12.7. The molecule has 0 unspecified atom stereocenters. The van der Waals surface area contributed by atoms with Gasteiger partial charge in [0, 0.05) is 29.5 Å². The van der Waals surface area contributed by atoms with Gasteiger partial charge in [-0.1, -0.05) is 44.2 Å². The number of ketones is 1. The van der Waals surface area contributed by atoms with Gasteiger partial charge in [-0.2, -0.15) is 0 Å². The maximum absolute atomic E-state index is 12.7. The molecule has 0 saturated heterocycles. The minimum absolute atomic E-state index is 0.0314. The normalized spacial score (nSPS) is 14.1. The second-order valence-electron chi connectivity index (χ2n) is 6.24. The Hall–Kier alpha value is -1.64. The van der Waals surface area contributed by atoms with Crippen LogP contribution in [0.4, 0.5) is 0 Å². The number of nitrogens with zero attached hydrogens (tertiary/aromatic N) is 1. The van der Waals surface area contributed by atoms with E-state index in [-0.39, 0.29) is 35.6 Å². The molecule has 0 fully saturated rings. The van der Waals surface area contributed by atoms with Crippen molar-refractivity contribution in [3.8, 4) is 0 Å². The van der Waals surface area contributed by atoms with Crippen LogP contribution in [0.25, 0.3) is 0 Å². The van der Waals surface area contributed by atoms with Crippen LogP contribution in [0.15, 0.2) is 30.3 Å². The zero-order chi connectivity index (χ0) is 16.2. The first-order valence-corrected chi connectivity index (χ1v) is 7.68. The van der Waals surface area contributed by atoms with E-state index >= 15 is 0 Å². The number of amides is 1. The van der Waals surface area contributed by atoms with E-state index in [4.69, 9.17) is 0 Å². The summed E-state index contributed by atoms with van der Waals surface area (Å²) in [4.78, 5) is 27.0. The molecule has 1 aromatic rings. The van der Waals surface area contributed by atoms with E-state index in [1.807, 2.05) is 64.6 Å². The molecule has 0 aliphatic carbocycles. The summed E-state index contributed by atoms with van der Waals surface area (Å²) in [5.41, 5.74) is 0.672. The van der Waals surface area contributed by atoms with Gasteiger partial charge in [-0.25, -0.2) is 0 Å². The molecule has 1 rings (SSSR count). The average Bonchev–Trinajstić information content (AvgIpc) is 2.45. The fraction of sp³-hybridized carbons (Fsp3) is 0.556. The second kappa shape index (κ2) is 7.39. The minimum atomic E-state index is -0.320. The van der Waals surface area contributed by atoms with E-state index in [1.54, 1.807) is 12.1 Å². The highest BCUT2D eigenvalue weighted by Gasteiger charge is 2.32. The van der Waals surface area contributed by atoms with Crippen LogP contribution in [0.1, 0.15) is 51.9 Å². The van der Waals surface area contributed by atoms with Gasteiger partial charge >= 0.3 is 0 Å². The van der Waals surface area contributed by atoms with Gasteiger partial charge in [-0.05, 0) is 27.7 Å². The van der Waals surface area contributed by atoms with Crippen molar-refractivity contribution in [1.29, 1.82) is 0 Å². The highest BCUT2D eigenvalue weighted by Crippen LogP contribution is 2.21. The molecule has 1 amide bonds. The molecule has 1 aromatic carbocycles. The number of carbonyl (C=O) groups is 2. The van der Waals surface area contributed by atoms with Crippen LogP contribution in [0.3, 0.4) is 0 Å². The lowest BCUT2D eigenvalue weighted by atomic mass is 9.87. The molecule has 3 heteroatoms. The fourth-order valence-electron chi connectivity index (χ4n) is 2.65. The summed E-state index contributed by atoms with van der Waals surface area (Å²) in [6.45, 7) is 11.7. The van der Waals surface area contributed by atoms with Gasteiger partial charge in [0.15, 0.2) is 5.78 Å². The van der Waals surface area contributed by atoms with Crippen molar-refractivity contribution in [2.24, 2.45) is 11.8 Å². The summed E-state index contributed by atoms with van der Waals surface area (Å²) < 4.78 is 0. The summed E-state index contributed by atoms with van der Waals surface area (Å²) in [7, 11) is 0. The van der Waals surface area contributed by atoms with Crippen LogP contribution in [0, 0.1) is 11.8 Å². The Morgan fingerprint density at radius 3 is 1.71 bits per heavy atom. The lowest BCUT2D eigenvalue weighted by Crippen LogP contribution is -2.46. The van der Waals surface area contributed by atoms with Crippen molar-refractivity contribution < 1.29 is 9.59 Å². The van der Waals surface area contributed by atoms with Gasteiger partial charge in [0.05, 0.1) is 0 Å². The zero-order valence-electron chi connectivity index (χ0n) is 14.0. The number of Topliss-reactive ketones (excluding diaryl/α,β-unsaturated/α-hetero) is 1. The second-order valence-corrected chi connectivity index (χ2v) is 6.24. The topological polar surface area (TPSA) is 37.4 Å². The first kappa shape index (κ1) is 17.4. The molecule has 0 heterocycles. The van der Waals surface area contributed by atoms with Gasteiger partial charge < -0.3 is 4.90 Å². The Morgan fingerprint density at radius 2 is 1.29 bits per heavy atom. The molecule has 0 aliphatic rings. The lowest BCUT2D eigenvalue weighted by molar-refractivity contribution is -0.139. The highest BCUT2D eigenvalue weighted by molar-refractivity contribution is 6.00. The third-order valence-corrected chi connectivity index (χ3v) is 3.98. The Morgan fingerprint density at radius 1 is 0.810 bits per heavy atom. The Kier molecular flexibility index (Phi) is 6.13. The minimum Gasteiger partial charge on any atom is -0.338 e. The summed E-state index contributed by atoms with van der Waals surface area (Å²) in [5.74, 6) is -0.553. The van der Waals surface area contributed by atoms with Crippen LogP contribution < -0.4 is 0 Å². The van der Waals surface area contributed by atoms with Gasteiger partial charge in [0.1, 0.15) is 0 Å². The van der Waals surface area contributed by atoms with E-state index < -0.39 is 0 Å². The van der Waals surface area contributed by atoms with Crippen molar-refractivity contribution in [3.63, 3.8) is 0 Å². The molecule has 3 nitrogen and oxygen atoms in total. The third kappa shape index (κ3) is 4.16. The van der Waals surface area contributed by atoms with Crippen LogP contribution in [-0.4, -0.2) is 28.7 Å². The highest BCUT2D eigenvalue weighted by atomic mass is 16.2. The standard InChI is InChI=1S/C18H27NO2/c1-12(2)19(13(3)4)18(21)15(6)14(5)17(20)16-10-8-7-9-11-16/h7-15H,1-6H3/t14-,15-/m0/s1. The summed E-state index contributed by atoms with van der Waals surface area (Å²) >= 11 is 0. The fourth-order valence-corrected chi connectivity index (χ4v) is 2.65. The molecule has 2 atom stereocenters. The monoisotopic (exact) mass is 289 g/mol. The van der Waals surface area contributed by atoms with Gasteiger partial charge in [-0.15, -0.1) is 0 Å². The lowest BCUT2D eigenvalue weighted by Gasteiger charge is -2.34.